The second kappa shape index (κ2) is 8.31. The molecule has 0 spiro atoms. The van der Waals surface area contributed by atoms with Gasteiger partial charge in [0.05, 0.1) is 12.7 Å². The van der Waals surface area contributed by atoms with Crippen LogP contribution in [0.2, 0.25) is 5.02 Å². The lowest BCUT2D eigenvalue weighted by molar-refractivity contribution is 0.0277. The Hall–Kier alpha value is -1.59. The summed E-state index contributed by atoms with van der Waals surface area (Å²) in [6.45, 7) is 2.43. The maximum Gasteiger partial charge on any atom is 0.255 e. The van der Waals surface area contributed by atoms with Crippen LogP contribution in [0.5, 0.6) is 0 Å². The van der Waals surface area contributed by atoms with E-state index in [1.807, 2.05) is 24.3 Å². The van der Waals surface area contributed by atoms with Gasteiger partial charge in [0.25, 0.3) is 5.91 Å². The fourth-order valence-electron chi connectivity index (χ4n) is 2.39. The predicted molar refractivity (Wildman–Crippen MR) is 94.7 cm³/mol. The van der Waals surface area contributed by atoms with Gasteiger partial charge >= 0.3 is 0 Å². The summed E-state index contributed by atoms with van der Waals surface area (Å²) in [5, 5.41) is 6.71. The Balaban J connectivity index is 0.00000192. The molecule has 1 saturated heterocycles. The number of nitrogens with one attached hydrogen (secondary N) is 2. The van der Waals surface area contributed by atoms with Crippen LogP contribution in [-0.2, 0) is 4.74 Å². The normalized spacial score (nSPS) is 17.2. The van der Waals surface area contributed by atoms with Crippen molar-refractivity contribution in [1.29, 1.82) is 0 Å². The molecule has 1 aliphatic rings. The Bertz CT molecular complexity index is 656. The molecule has 0 aromatic heterocycles. The van der Waals surface area contributed by atoms with Crippen LogP contribution in [0.25, 0.3) is 0 Å². The van der Waals surface area contributed by atoms with Crippen molar-refractivity contribution in [1.82, 2.24) is 5.32 Å². The van der Waals surface area contributed by atoms with Gasteiger partial charge in [-0.3, -0.25) is 4.79 Å². The zero-order chi connectivity index (χ0) is 15.4. The molecule has 0 bridgehead atoms. The number of carbonyl (C=O) groups is 1. The van der Waals surface area contributed by atoms with E-state index >= 15 is 0 Å². The number of carbonyl (C=O) groups excluding carboxylic acids is 1. The van der Waals surface area contributed by atoms with Crippen molar-refractivity contribution in [3.05, 3.63) is 64.7 Å². The second-order valence-corrected chi connectivity index (χ2v) is 5.59. The van der Waals surface area contributed by atoms with Crippen LogP contribution >= 0.6 is 24.0 Å². The number of ether oxygens (including phenoxy) is 1. The summed E-state index contributed by atoms with van der Waals surface area (Å²) >= 11 is 5.90. The van der Waals surface area contributed by atoms with Crippen LogP contribution in [0.15, 0.2) is 48.5 Å². The summed E-state index contributed by atoms with van der Waals surface area (Å²) in [5.41, 5.74) is 2.39. The maximum atomic E-state index is 12.1. The van der Waals surface area contributed by atoms with E-state index < -0.39 is 0 Å². The highest BCUT2D eigenvalue weighted by atomic mass is 35.5. The van der Waals surface area contributed by atoms with Crippen LogP contribution in [0, 0.1) is 0 Å². The monoisotopic (exact) mass is 352 g/mol. The Morgan fingerprint density at radius 1 is 1.22 bits per heavy atom. The molecule has 122 valence electrons. The summed E-state index contributed by atoms with van der Waals surface area (Å²) in [5.74, 6) is -0.175. The first-order valence-corrected chi connectivity index (χ1v) is 7.59. The summed E-state index contributed by atoms with van der Waals surface area (Å²) < 4.78 is 5.70. The van der Waals surface area contributed by atoms with Crippen LogP contribution in [0.3, 0.4) is 0 Å². The number of anilines is 1. The van der Waals surface area contributed by atoms with E-state index in [0.717, 1.165) is 30.9 Å². The van der Waals surface area contributed by atoms with Crippen molar-refractivity contribution in [2.24, 2.45) is 0 Å². The molecule has 3 rings (SSSR count). The molecule has 1 heterocycles. The van der Waals surface area contributed by atoms with Crippen molar-refractivity contribution < 1.29 is 9.53 Å². The predicted octanol–water partition coefficient (Wildman–Crippen LogP) is 3.68. The van der Waals surface area contributed by atoms with E-state index in [0.29, 0.717) is 10.6 Å². The van der Waals surface area contributed by atoms with E-state index in [1.165, 1.54) is 0 Å². The lowest BCUT2D eigenvalue weighted by Gasteiger charge is -2.24. The topological polar surface area (TPSA) is 50.4 Å². The van der Waals surface area contributed by atoms with Crippen molar-refractivity contribution in [2.45, 2.75) is 6.10 Å². The lowest BCUT2D eigenvalue weighted by atomic mass is 10.1. The molecular formula is C17H18Cl2N2O2. The van der Waals surface area contributed by atoms with Gasteiger partial charge in [0, 0.05) is 29.4 Å². The number of benzene rings is 2. The Morgan fingerprint density at radius 3 is 2.65 bits per heavy atom. The van der Waals surface area contributed by atoms with Gasteiger partial charge in [-0.1, -0.05) is 29.8 Å². The van der Waals surface area contributed by atoms with Crippen LogP contribution in [0.4, 0.5) is 5.69 Å². The Kier molecular flexibility index (Phi) is 6.42. The minimum absolute atomic E-state index is 0. The van der Waals surface area contributed by atoms with Crippen LogP contribution < -0.4 is 10.6 Å². The molecule has 2 N–H and O–H groups in total. The van der Waals surface area contributed by atoms with Gasteiger partial charge in [-0.25, -0.2) is 0 Å². The largest absolute Gasteiger partial charge is 0.371 e. The first-order valence-electron chi connectivity index (χ1n) is 7.21. The average Bonchev–Trinajstić information content (AvgIpc) is 2.56. The third kappa shape index (κ3) is 4.69. The summed E-state index contributed by atoms with van der Waals surface area (Å²) in [6.07, 6.45) is 0.0754. The molecule has 1 aliphatic heterocycles. The van der Waals surface area contributed by atoms with Gasteiger partial charge < -0.3 is 15.4 Å². The molecule has 0 saturated carbocycles. The Morgan fingerprint density at radius 2 is 2.00 bits per heavy atom. The molecule has 6 heteroatoms. The zero-order valence-corrected chi connectivity index (χ0v) is 14.0. The number of hydrogen-bond donors (Lipinski definition) is 2. The maximum absolute atomic E-state index is 12.1. The fourth-order valence-corrected chi connectivity index (χ4v) is 2.58. The molecule has 1 atom stereocenters. The van der Waals surface area contributed by atoms with E-state index in [1.54, 1.807) is 24.3 Å². The van der Waals surface area contributed by atoms with Gasteiger partial charge in [-0.05, 0) is 35.9 Å². The zero-order valence-electron chi connectivity index (χ0n) is 12.4. The molecular weight excluding hydrogens is 335 g/mol. The molecule has 2 aromatic rings. The van der Waals surface area contributed by atoms with E-state index in [9.17, 15) is 4.79 Å². The van der Waals surface area contributed by atoms with Gasteiger partial charge in [-0.15, -0.1) is 12.4 Å². The first kappa shape index (κ1) is 17.8. The molecule has 0 radical (unpaired) electrons. The van der Waals surface area contributed by atoms with E-state index in [4.69, 9.17) is 16.3 Å². The summed E-state index contributed by atoms with van der Waals surface area (Å²) in [6, 6.07) is 14.6. The highest BCUT2D eigenvalue weighted by Crippen LogP contribution is 2.21. The van der Waals surface area contributed by atoms with Crippen molar-refractivity contribution in [2.75, 3.05) is 25.0 Å². The second-order valence-electron chi connectivity index (χ2n) is 5.15. The van der Waals surface area contributed by atoms with Crippen LogP contribution in [-0.4, -0.2) is 25.6 Å². The molecule has 0 aliphatic carbocycles. The van der Waals surface area contributed by atoms with Gasteiger partial charge in [0.1, 0.15) is 0 Å². The molecule has 4 nitrogen and oxygen atoms in total. The molecule has 1 fully saturated rings. The average molecular weight is 353 g/mol. The number of hydrogen-bond acceptors (Lipinski definition) is 3. The minimum atomic E-state index is -0.175. The molecule has 23 heavy (non-hydrogen) atoms. The number of amides is 1. The van der Waals surface area contributed by atoms with Gasteiger partial charge in [0.2, 0.25) is 0 Å². The highest BCUT2D eigenvalue weighted by molar-refractivity contribution is 6.31. The molecule has 2 aromatic carbocycles. The minimum Gasteiger partial charge on any atom is -0.371 e. The number of rotatable bonds is 3. The van der Waals surface area contributed by atoms with Gasteiger partial charge in [0.15, 0.2) is 0 Å². The van der Waals surface area contributed by atoms with E-state index in [-0.39, 0.29) is 24.4 Å². The van der Waals surface area contributed by atoms with Gasteiger partial charge in [-0.2, -0.15) is 0 Å². The number of morpholine rings is 1. The Labute approximate surface area is 146 Å². The smallest absolute Gasteiger partial charge is 0.255 e. The standard InChI is InChI=1S/C17H17ClN2O2.ClH/c18-14-3-1-2-13(10-14)17(21)20-15-6-4-12(5-7-15)16-11-19-8-9-22-16;/h1-7,10,16,19H,8-9,11H2,(H,20,21);1H. The van der Waals surface area contributed by atoms with Crippen molar-refractivity contribution in [3.63, 3.8) is 0 Å². The third-order valence-corrected chi connectivity index (χ3v) is 3.79. The SMILES string of the molecule is Cl.O=C(Nc1ccc(C2CNCCO2)cc1)c1cccc(Cl)c1. The first-order chi connectivity index (χ1) is 10.7. The van der Waals surface area contributed by atoms with Crippen LogP contribution in [0.1, 0.15) is 22.0 Å². The quantitative estimate of drug-likeness (QED) is 0.885. The highest BCUT2D eigenvalue weighted by Gasteiger charge is 2.15. The van der Waals surface area contributed by atoms with E-state index in [2.05, 4.69) is 10.6 Å². The lowest BCUT2D eigenvalue weighted by Crippen LogP contribution is -2.33. The summed E-state index contributed by atoms with van der Waals surface area (Å²) in [4.78, 5) is 12.1. The molecule has 1 amide bonds. The molecule has 1 unspecified atom stereocenters. The van der Waals surface area contributed by atoms with Crippen molar-refractivity contribution in [3.8, 4) is 0 Å². The summed E-state index contributed by atoms with van der Waals surface area (Å²) in [7, 11) is 0. The van der Waals surface area contributed by atoms with Crippen molar-refractivity contribution >= 4 is 35.6 Å². The third-order valence-electron chi connectivity index (χ3n) is 3.55. The number of halogens is 2. The fraction of sp³-hybridized carbons (Fsp3) is 0.235.